The maximum absolute atomic E-state index is 14.0. The minimum absolute atomic E-state index is 0.0210. The smallest absolute Gasteiger partial charge is 0.296 e. The number of nitrogens with one attached hydrogen (secondary N) is 2. The third-order valence-electron chi connectivity index (χ3n) is 7.70. The zero-order valence-electron chi connectivity index (χ0n) is 25.2. The lowest BCUT2D eigenvalue weighted by atomic mass is 9.81. The Hall–Kier alpha value is -4.67. The molecule has 0 saturated heterocycles. The van der Waals surface area contributed by atoms with Crippen LogP contribution in [0.3, 0.4) is 0 Å². The third-order valence-corrected chi connectivity index (χ3v) is 8.59. The van der Waals surface area contributed by atoms with Crippen molar-refractivity contribution in [1.29, 1.82) is 0 Å². The zero-order valence-corrected chi connectivity index (χ0v) is 26.1. The van der Waals surface area contributed by atoms with E-state index in [2.05, 4.69) is 31.4 Å². The van der Waals surface area contributed by atoms with Crippen LogP contribution in [0.5, 0.6) is 11.5 Å². The van der Waals surface area contributed by atoms with E-state index in [0.29, 0.717) is 11.3 Å². The topological polar surface area (TPSA) is 153 Å². The first-order valence-corrected chi connectivity index (χ1v) is 15.4. The first-order valence-electron chi connectivity index (χ1n) is 14.0. The fourth-order valence-electron chi connectivity index (χ4n) is 5.23. The summed E-state index contributed by atoms with van der Waals surface area (Å²) in [6.45, 7) is 11.9. The normalized spacial score (nSPS) is 13.3. The van der Waals surface area contributed by atoms with Crippen LogP contribution in [0.2, 0.25) is 0 Å². The number of carbonyl (C=O) groups excluding carboxylic acids is 2. The summed E-state index contributed by atoms with van der Waals surface area (Å²) < 4.78 is 35.0. The quantitative estimate of drug-likeness (QED) is 0.102. The van der Waals surface area contributed by atoms with Gasteiger partial charge in [-0.1, -0.05) is 59.7 Å². The molecule has 228 valence electrons. The largest absolute Gasteiger partial charge is 0.507 e. The molecule has 5 N–H and O–H groups in total. The van der Waals surface area contributed by atoms with Gasteiger partial charge in [-0.2, -0.15) is 8.42 Å². The third kappa shape index (κ3) is 5.54. The van der Waals surface area contributed by atoms with E-state index in [1.165, 1.54) is 18.2 Å². The Labute approximate surface area is 256 Å². The van der Waals surface area contributed by atoms with E-state index in [4.69, 9.17) is 0 Å². The number of phenols is 2. The van der Waals surface area contributed by atoms with Crippen LogP contribution in [0, 0.1) is 0 Å². The Morgan fingerprint density at radius 1 is 0.568 bits per heavy atom. The number of ketones is 2. The summed E-state index contributed by atoms with van der Waals surface area (Å²) in [5, 5.41) is 27.3. The van der Waals surface area contributed by atoms with Gasteiger partial charge in [-0.3, -0.25) is 14.1 Å². The Bertz CT molecular complexity index is 1950. The number of benzene rings is 4. The van der Waals surface area contributed by atoms with Gasteiger partial charge in [0.05, 0.1) is 39.3 Å². The van der Waals surface area contributed by atoms with E-state index in [9.17, 15) is 32.8 Å². The maximum atomic E-state index is 14.0. The molecule has 1 aliphatic carbocycles. The number of fused-ring (bicyclic) bond motifs is 2. The van der Waals surface area contributed by atoms with Gasteiger partial charge in [-0.25, -0.2) is 0 Å². The second-order valence-corrected chi connectivity index (χ2v) is 14.3. The first kappa shape index (κ1) is 30.8. The van der Waals surface area contributed by atoms with Crippen LogP contribution in [0.15, 0.2) is 71.6 Å². The lowest BCUT2D eigenvalue weighted by Crippen LogP contribution is -2.24. The predicted octanol–water partition coefficient (Wildman–Crippen LogP) is 7.20. The molecular weight excluding hydrogens is 580 g/mol. The molecular formula is C34H34N2O7S. The van der Waals surface area contributed by atoms with Gasteiger partial charge in [0, 0.05) is 5.69 Å². The van der Waals surface area contributed by atoms with Crippen molar-refractivity contribution in [3.05, 3.63) is 100 Å². The van der Waals surface area contributed by atoms with Crippen molar-refractivity contribution in [1.82, 2.24) is 0 Å². The highest BCUT2D eigenvalue weighted by Gasteiger charge is 2.38. The van der Waals surface area contributed by atoms with Crippen molar-refractivity contribution < 1.29 is 32.8 Å². The minimum Gasteiger partial charge on any atom is -0.507 e. The molecule has 4 aromatic rings. The van der Waals surface area contributed by atoms with Gasteiger partial charge in [-0.05, 0) is 70.5 Å². The molecule has 0 radical (unpaired) electrons. The molecule has 0 unspecified atom stereocenters. The van der Waals surface area contributed by atoms with Crippen LogP contribution in [-0.4, -0.2) is 34.8 Å². The fraction of sp³-hybridized carbons (Fsp3) is 0.235. The van der Waals surface area contributed by atoms with Gasteiger partial charge >= 0.3 is 0 Å². The molecule has 9 nitrogen and oxygen atoms in total. The summed E-state index contributed by atoms with van der Waals surface area (Å²) in [7, 11) is -4.71. The van der Waals surface area contributed by atoms with Gasteiger partial charge in [-0.15, -0.1) is 0 Å². The van der Waals surface area contributed by atoms with E-state index in [1.54, 1.807) is 12.1 Å². The molecule has 10 heteroatoms. The Kier molecular flexibility index (Phi) is 7.34. The van der Waals surface area contributed by atoms with Crippen LogP contribution in [0.25, 0.3) is 0 Å². The minimum atomic E-state index is -4.71. The zero-order chi connectivity index (χ0) is 32.4. The fourth-order valence-corrected chi connectivity index (χ4v) is 5.91. The van der Waals surface area contributed by atoms with Gasteiger partial charge in [0.15, 0.2) is 0 Å². The maximum Gasteiger partial charge on any atom is 0.296 e. The molecule has 4 aromatic carbocycles. The number of rotatable bonds is 5. The van der Waals surface area contributed by atoms with Crippen molar-refractivity contribution in [3.63, 3.8) is 0 Å². The molecule has 0 bridgehead atoms. The first-order chi connectivity index (χ1) is 20.4. The summed E-state index contributed by atoms with van der Waals surface area (Å²) in [5.41, 5.74) is 1.26. The summed E-state index contributed by atoms with van der Waals surface area (Å²) in [6.07, 6.45) is 0. The Morgan fingerprint density at radius 2 is 1.00 bits per heavy atom. The lowest BCUT2D eigenvalue weighted by molar-refractivity contribution is 0.0975. The number of phenolic OH excluding ortho intramolecular Hbond substituents is 2. The van der Waals surface area contributed by atoms with Crippen molar-refractivity contribution in [2.24, 2.45) is 0 Å². The van der Waals surface area contributed by atoms with Crippen LogP contribution >= 0.6 is 0 Å². The molecule has 0 aliphatic heterocycles. The highest BCUT2D eigenvalue weighted by Crippen LogP contribution is 2.44. The highest BCUT2D eigenvalue weighted by atomic mass is 32.2. The van der Waals surface area contributed by atoms with Gasteiger partial charge in [0.2, 0.25) is 11.6 Å². The monoisotopic (exact) mass is 614 g/mol. The highest BCUT2D eigenvalue weighted by molar-refractivity contribution is 7.86. The van der Waals surface area contributed by atoms with Crippen LogP contribution < -0.4 is 10.6 Å². The van der Waals surface area contributed by atoms with Crippen LogP contribution in [-0.2, 0) is 20.9 Å². The van der Waals surface area contributed by atoms with E-state index in [0.717, 1.165) is 17.7 Å². The van der Waals surface area contributed by atoms with Crippen molar-refractivity contribution in [2.45, 2.75) is 57.3 Å². The molecule has 0 aromatic heterocycles. The second kappa shape index (κ2) is 10.5. The number of aromatic hydroxyl groups is 2. The summed E-state index contributed by atoms with van der Waals surface area (Å²) >= 11 is 0. The molecule has 0 fully saturated rings. The molecule has 0 heterocycles. The number of hydrogen-bond acceptors (Lipinski definition) is 8. The second-order valence-electron chi connectivity index (χ2n) is 12.9. The standard InChI is InChI=1S/C34H34N2O7S/c1-33(2,3)18-7-10-20(11-8-18)35-22-13-14-23(36-21-12-9-19(34(4,5)6)17-26(21)44(41,42)43)28-27(22)31(39)29-24(37)15-16-25(38)30(29)32(28)40/h7-17,35-38H,1-6H3,(H,41,42,43). The van der Waals surface area contributed by atoms with Crippen molar-refractivity contribution in [3.8, 4) is 11.5 Å². The molecule has 0 atom stereocenters. The number of anilines is 4. The van der Waals surface area contributed by atoms with Crippen molar-refractivity contribution >= 4 is 44.4 Å². The SMILES string of the molecule is CC(C)(C)c1ccc(Nc2ccc(Nc3ccc(C(C)(C)C)cc3S(=O)(=O)O)c3c2C(=O)c2c(O)ccc(O)c2C3=O)cc1. The van der Waals surface area contributed by atoms with Gasteiger partial charge < -0.3 is 20.8 Å². The Morgan fingerprint density at radius 3 is 1.45 bits per heavy atom. The summed E-state index contributed by atoms with van der Waals surface area (Å²) in [6, 6.07) is 17.5. The molecule has 5 rings (SSSR count). The van der Waals surface area contributed by atoms with Gasteiger partial charge in [0.1, 0.15) is 16.4 Å². The number of carbonyl (C=O) groups is 2. The molecule has 44 heavy (non-hydrogen) atoms. The summed E-state index contributed by atoms with van der Waals surface area (Å²) in [5.74, 6) is -2.42. The average molecular weight is 615 g/mol. The van der Waals surface area contributed by atoms with E-state index in [1.807, 2.05) is 45.0 Å². The molecule has 0 spiro atoms. The lowest BCUT2D eigenvalue weighted by Gasteiger charge is -2.26. The summed E-state index contributed by atoms with van der Waals surface area (Å²) in [4.78, 5) is 27.6. The van der Waals surface area contributed by atoms with Gasteiger partial charge in [0.25, 0.3) is 10.1 Å². The average Bonchev–Trinajstić information content (AvgIpc) is 2.92. The van der Waals surface area contributed by atoms with E-state index >= 15 is 0 Å². The molecule has 1 aliphatic rings. The predicted molar refractivity (Wildman–Crippen MR) is 170 cm³/mol. The van der Waals surface area contributed by atoms with E-state index < -0.39 is 43.5 Å². The van der Waals surface area contributed by atoms with Crippen molar-refractivity contribution in [2.75, 3.05) is 10.6 Å². The number of hydrogen-bond donors (Lipinski definition) is 5. The Balaban J connectivity index is 1.70. The molecule has 0 amide bonds. The van der Waals surface area contributed by atoms with Crippen LogP contribution in [0.4, 0.5) is 22.7 Å². The van der Waals surface area contributed by atoms with E-state index in [-0.39, 0.29) is 44.7 Å². The van der Waals surface area contributed by atoms with Crippen LogP contribution in [0.1, 0.15) is 84.5 Å². The molecule has 0 saturated carbocycles.